The summed E-state index contributed by atoms with van der Waals surface area (Å²) < 4.78 is 4.98. The van der Waals surface area contributed by atoms with E-state index in [1.54, 1.807) is 0 Å². The van der Waals surface area contributed by atoms with Crippen LogP contribution < -0.4 is 0 Å². The molecule has 17 heavy (non-hydrogen) atoms. The predicted molar refractivity (Wildman–Crippen MR) is 70.7 cm³/mol. The predicted octanol–water partition coefficient (Wildman–Crippen LogP) is 4.10. The summed E-state index contributed by atoms with van der Waals surface area (Å²) in [6.07, 6.45) is 7.38. The number of hydrogen-bond acceptors (Lipinski definition) is 2. The molecule has 0 amide bonds. The van der Waals surface area contributed by atoms with Crippen LogP contribution in [0.3, 0.4) is 0 Å². The monoisotopic (exact) mass is 238 g/mol. The van der Waals surface area contributed by atoms with Crippen molar-refractivity contribution in [2.75, 3.05) is 6.61 Å². The van der Waals surface area contributed by atoms with Crippen LogP contribution in [0.15, 0.2) is 11.6 Å². The van der Waals surface area contributed by atoms with Gasteiger partial charge in [-0.25, -0.2) is 0 Å². The van der Waals surface area contributed by atoms with Gasteiger partial charge in [0.2, 0.25) is 0 Å². The summed E-state index contributed by atoms with van der Waals surface area (Å²) in [5.41, 5.74) is 1.69. The number of hydrogen-bond donors (Lipinski definition) is 0. The van der Waals surface area contributed by atoms with Crippen LogP contribution in [-0.2, 0) is 9.53 Å². The standard InChI is InChI=1S/C15H26O2/c1-5-15(3,4)13-9-7-12(8-10-13)11-14(16)17-6-2/h7,13H,5-6,8-11H2,1-4H3. The van der Waals surface area contributed by atoms with Gasteiger partial charge in [0.05, 0.1) is 13.0 Å². The lowest BCUT2D eigenvalue weighted by Gasteiger charge is -2.35. The van der Waals surface area contributed by atoms with E-state index in [0.29, 0.717) is 18.4 Å². The summed E-state index contributed by atoms with van der Waals surface area (Å²) in [5, 5.41) is 0. The zero-order valence-electron chi connectivity index (χ0n) is 11.7. The third-order valence-corrected chi connectivity index (χ3v) is 4.20. The smallest absolute Gasteiger partial charge is 0.309 e. The van der Waals surface area contributed by atoms with Gasteiger partial charge in [-0.05, 0) is 37.5 Å². The zero-order chi connectivity index (χ0) is 12.9. The molecule has 0 N–H and O–H groups in total. The highest BCUT2D eigenvalue weighted by Crippen LogP contribution is 2.40. The molecule has 0 aromatic carbocycles. The molecule has 2 nitrogen and oxygen atoms in total. The summed E-state index contributed by atoms with van der Waals surface area (Å²) >= 11 is 0. The lowest BCUT2D eigenvalue weighted by molar-refractivity contribution is -0.142. The fraction of sp³-hybridized carbons (Fsp3) is 0.800. The number of allylic oxidation sites excluding steroid dienone is 1. The third kappa shape index (κ3) is 4.18. The Morgan fingerprint density at radius 3 is 2.65 bits per heavy atom. The summed E-state index contributed by atoms with van der Waals surface area (Å²) in [7, 11) is 0. The van der Waals surface area contributed by atoms with Crippen molar-refractivity contribution in [3.63, 3.8) is 0 Å². The molecule has 1 unspecified atom stereocenters. The molecule has 0 spiro atoms. The largest absolute Gasteiger partial charge is 0.466 e. The molecular formula is C15H26O2. The summed E-state index contributed by atoms with van der Waals surface area (Å²) in [6.45, 7) is 9.30. The van der Waals surface area contributed by atoms with E-state index >= 15 is 0 Å². The first-order chi connectivity index (χ1) is 7.99. The molecule has 0 aromatic heterocycles. The van der Waals surface area contributed by atoms with Gasteiger partial charge >= 0.3 is 5.97 Å². The Kier molecular flexibility index (Phi) is 5.23. The minimum Gasteiger partial charge on any atom is -0.466 e. The first kappa shape index (κ1) is 14.3. The molecule has 0 saturated carbocycles. The molecule has 98 valence electrons. The average molecular weight is 238 g/mol. The highest BCUT2D eigenvalue weighted by molar-refractivity contribution is 5.72. The van der Waals surface area contributed by atoms with Crippen molar-refractivity contribution < 1.29 is 9.53 Å². The maximum absolute atomic E-state index is 11.4. The number of carbonyl (C=O) groups is 1. The van der Waals surface area contributed by atoms with Crippen molar-refractivity contribution in [1.29, 1.82) is 0 Å². The Hall–Kier alpha value is -0.790. The number of carbonyl (C=O) groups excluding carboxylic acids is 1. The van der Waals surface area contributed by atoms with Gasteiger partial charge in [0.1, 0.15) is 0 Å². The van der Waals surface area contributed by atoms with Crippen molar-refractivity contribution in [2.24, 2.45) is 11.3 Å². The second kappa shape index (κ2) is 6.23. The molecule has 2 heteroatoms. The van der Waals surface area contributed by atoms with Crippen LogP contribution in [0.2, 0.25) is 0 Å². The highest BCUT2D eigenvalue weighted by atomic mass is 16.5. The minimum atomic E-state index is -0.0769. The van der Waals surface area contributed by atoms with E-state index in [9.17, 15) is 4.79 Å². The third-order valence-electron chi connectivity index (χ3n) is 4.20. The van der Waals surface area contributed by atoms with Crippen LogP contribution in [-0.4, -0.2) is 12.6 Å². The van der Waals surface area contributed by atoms with Crippen LogP contribution >= 0.6 is 0 Å². The van der Waals surface area contributed by atoms with Gasteiger partial charge in [-0.2, -0.15) is 0 Å². The maximum Gasteiger partial charge on any atom is 0.309 e. The van der Waals surface area contributed by atoms with E-state index in [2.05, 4.69) is 26.8 Å². The Morgan fingerprint density at radius 2 is 2.18 bits per heavy atom. The molecule has 0 aromatic rings. The first-order valence-electron chi connectivity index (χ1n) is 6.83. The molecule has 1 rings (SSSR count). The molecule has 0 heterocycles. The van der Waals surface area contributed by atoms with Crippen molar-refractivity contribution in [1.82, 2.24) is 0 Å². The molecule has 1 atom stereocenters. The van der Waals surface area contributed by atoms with Gasteiger partial charge in [0.15, 0.2) is 0 Å². The SMILES string of the molecule is CCOC(=O)CC1=CCC(C(C)(C)CC)CC1. The van der Waals surface area contributed by atoms with Gasteiger partial charge in [-0.3, -0.25) is 4.79 Å². The van der Waals surface area contributed by atoms with Crippen molar-refractivity contribution in [3.05, 3.63) is 11.6 Å². The Labute approximate surface area is 105 Å². The van der Waals surface area contributed by atoms with Crippen molar-refractivity contribution >= 4 is 5.97 Å². The molecule has 1 aliphatic carbocycles. The number of ether oxygens (including phenoxy) is 1. The fourth-order valence-electron chi connectivity index (χ4n) is 2.44. The molecule has 0 fully saturated rings. The van der Waals surface area contributed by atoms with E-state index in [4.69, 9.17) is 4.74 Å². The van der Waals surface area contributed by atoms with E-state index in [-0.39, 0.29) is 5.97 Å². The van der Waals surface area contributed by atoms with Gasteiger partial charge in [-0.1, -0.05) is 38.8 Å². The zero-order valence-corrected chi connectivity index (χ0v) is 11.7. The molecular weight excluding hydrogens is 212 g/mol. The Balaban J connectivity index is 2.47. The van der Waals surface area contributed by atoms with Gasteiger partial charge in [0.25, 0.3) is 0 Å². The van der Waals surface area contributed by atoms with Crippen LogP contribution in [0.25, 0.3) is 0 Å². The first-order valence-corrected chi connectivity index (χ1v) is 6.83. The Bertz CT molecular complexity index is 289. The summed E-state index contributed by atoms with van der Waals surface area (Å²) in [5.74, 6) is 0.686. The number of esters is 1. The fourth-order valence-corrected chi connectivity index (χ4v) is 2.44. The van der Waals surface area contributed by atoms with E-state index in [1.165, 1.54) is 18.4 Å². The van der Waals surface area contributed by atoms with Gasteiger partial charge in [-0.15, -0.1) is 0 Å². The van der Waals surface area contributed by atoms with Crippen LogP contribution in [0, 0.1) is 11.3 Å². The van der Waals surface area contributed by atoms with Crippen LogP contribution in [0.4, 0.5) is 0 Å². The maximum atomic E-state index is 11.4. The summed E-state index contributed by atoms with van der Waals surface area (Å²) in [6, 6.07) is 0. The highest BCUT2D eigenvalue weighted by Gasteiger charge is 2.29. The average Bonchev–Trinajstić information content (AvgIpc) is 2.30. The molecule has 1 aliphatic rings. The second-order valence-electron chi connectivity index (χ2n) is 5.66. The minimum absolute atomic E-state index is 0.0769. The lowest BCUT2D eigenvalue weighted by atomic mass is 9.70. The number of rotatable bonds is 5. The second-order valence-corrected chi connectivity index (χ2v) is 5.66. The van der Waals surface area contributed by atoms with E-state index in [0.717, 1.165) is 18.8 Å². The van der Waals surface area contributed by atoms with Crippen LogP contribution in [0.1, 0.15) is 59.8 Å². The van der Waals surface area contributed by atoms with Crippen molar-refractivity contribution in [3.8, 4) is 0 Å². The molecule has 0 saturated heterocycles. The molecule has 0 aliphatic heterocycles. The molecule has 0 radical (unpaired) electrons. The van der Waals surface area contributed by atoms with Crippen LogP contribution in [0.5, 0.6) is 0 Å². The topological polar surface area (TPSA) is 26.3 Å². The normalized spacial score (nSPS) is 20.9. The van der Waals surface area contributed by atoms with Gasteiger partial charge in [0, 0.05) is 0 Å². The van der Waals surface area contributed by atoms with Gasteiger partial charge < -0.3 is 4.74 Å². The van der Waals surface area contributed by atoms with E-state index in [1.807, 2.05) is 6.92 Å². The summed E-state index contributed by atoms with van der Waals surface area (Å²) in [4.78, 5) is 11.4. The van der Waals surface area contributed by atoms with E-state index < -0.39 is 0 Å². The Morgan fingerprint density at radius 1 is 1.47 bits per heavy atom. The quantitative estimate of drug-likeness (QED) is 0.532. The lowest BCUT2D eigenvalue weighted by Crippen LogP contribution is -2.25. The molecule has 0 bridgehead atoms. The van der Waals surface area contributed by atoms with Crippen molar-refractivity contribution in [2.45, 2.75) is 59.8 Å².